The minimum atomic E-state index is -0.315. The number of pyridine rings is 1. The molecule has 0 radical (unpaired) electrons. The first-order valence-electron chi connectivity index (χ1n) is 4.51. The molecule has 0 fully saturated rings. The molecule has 0 amide bonds. The standard InChI is InChI=1S/C11H10FNO/c1-2-13-6-5-11(14)9-4-3-8(12)7-10(9)13/h3-7H,2H2,1H3. The van der Waals surface area contributed by atoms with Crippen LogP contribution in [-0.2, 0) is 6.54 Å². The molecular formula is C11H10FNO. The highest BCUT2D eigenvalue weighted by Crippen LogP contribution is 2.11. The Labute approximate surface area is 80.6 Å². The van der Waals surface area contributed by atoms with E-state index in [0.29, 0.717) is 10.9 Å². The highest BCUT2D eigenvalue weighted by Gasteiger charge is 2.02. The molecule has 0 aliphatic carbocycles. The Morgan fingerprint density at radius 3 is 2.86 bits per heavy atom. The second-order valence-electron chi connectivity index (χ2n) is 3.13. The lowest BCUT2D eigenvalue weighted by molar-refractivity contribution is 0.627. The van der Waals surface area contributed by atoms with Crippen LogP contribution in [0, 0.1) is 5.82 Å². The van der Waals surface area contributed by atoms with E-state index in [0.717, 1.165) is 6.54 Å². The van der Waals surface area contributed by atoms with Crippen LogP contribution in [0.4, 0.5) is 4.39 Å². The van der Waals surface area contributed by atoms with E-state index in [1.165, 1.54) is 24.3 Å². The van der Waals surface area contributed by atoms with Gasteiger partial charge in [-0.05, 0) is 25.1 Å². The van der Waals surface area contributed by atoms with Crippen molar-refractivity contribution in [2.75, 3.05) is 0 Å². The summed E-state index contributed by atoms with van der Waals surface area (Å²) in [5.41, 5.74) is 0.588. The molecule has 0 N–H and O–H groups in total. The molecule has 1 aromatic heterocycles. The summed E-state index contributed by atoms with van der Waals surface area (Å²) < 4.78 is 14.8. The molecule has 0 bridgehead atoms. The van der Waals surface area contributed by atoms with Crippen LogP contribution >= 0.6 is 0 Å². The Kier molecular flexibility index (Phi) is 2.08. The van der Waals surface area contributed by atoms with Crippen molar-refractivity contribution in [2.24, 2.45) is 0 Å². The molecule has 72 valence electrons. The molecule has 2 aromatic rings. The number of aryl methyl sites for hydroxylation is 1. The Morgan fingerprint density at radius 2 is 2.14 bits per heavy atom. The molecule has 0 atom stereocenters. The maximum atomic E-state index is 13.0. The molecule has 1 aromatic carbocycles. The molecule has 0 spiro atoms. The highest BCUT2D eigenvalue weighted by molar-refractivity contribution is 5.78. The first-order valence-corrected chi connectivity index (χ1v) is 4.51. The average Bonchev–Trinajstić information content (AvgIpc) is 2.18. The van der Waals surface area contributed by atoms with Crippen LogP contribution in [0.1, 0.15) is 6.92 Å². The van der Waals surface area contributed by atoms with Crippen molar-refractivity contribution in [3.8, 4) is 0 Å². The summed E-state index contributed by atoms with van der Waals surface area (Å²) in [7, 11) is 0. The van der Waals surface area contributed by atoms with Gasteiger partial charge in [0.25, 0.3) is 0 Å². The fourth-order valence-electron chi connectivity index (χ4n) is 1.55. The molecule has 2 rings (SSSR count). The van der Waals surface area contributed by atoms with Crippen LogP contribution in [-0.4, -0.2) is 4.57 Å². The zero-order valence-electron chi connectivity index (χ0n) is 7.83. The molecule has 0 saturated heterocycles. The minimum absolute atomic E-state index is 0.0651. The summed E-state index contributed by atoms with van der Waals surface area (Å²) in [6.45, 7) is 2.68. The van der Waals surface area contributed by atoms with Gasteiger partial charge in [0, 0.05) is 24.2 Å². The molecule has 0 aliphatic heterocycles. The van der Waals surface area contributed by atoms with Gasteiger partial charge in [0.1, 0.15) is 5.82 Å². The van der Waals surface area contributed by atoms with Crippen molar-refractivity contribution in [3.05, 3.63) is 46.5 Å². The lowest BCUT2D eigenvalue weighted by Gasteiger charge is -2.07. The number of halogens is 1. The highest BCUT2D eigenvalue weighted by atomic mass is 19.1. The monoisotopic (exact) mass is 191 g/mol. The smallest absolute Gasteiger partial charge is 0.189 e. The normalized spacial score (nSPS) is 10.7. The number of benzene rings is 1. The number of aromatic nitrogens is 1. The minimum Gasteiger partial charge on any atom is -0.347 e. The summed E-state index contributed by atoms with van der Waals surface area (Å²) >= 11 is 0. The van der Waals surface area contributed by atoms with Gasteiger partial charge in [0.15, 0.2) is 5.43 Å². The summed E-state index contributed by atoms with van der Waals surface area (Å²) in [5.74, 6) is -0.315. The molecule has 0 saturated carbocycles. The molecule has 14 heavy (non-hydrogen) atoms. The molecule has 3 heteroatoms. The fraction of sp³-hybridized carbons (Fsp3) is 0.182. The van der Waals surface area contributed by atoms with Crippen molar-refractivity contribution < 1.29 is 4.39 Å². The van der Waals surface area contributed by atoms with Crippen LogP contribution < -0.4 is 5.43 Å². The first-order chi connectivity index (χ1) is 6.72. The van der Waals surface area contributed by atoms with E-state index in [1.54, 1.807) is 6.20 Å². The average molecular weight is 191 g/mol. The lowest BCUT2D eigenvalue weighted by Crippen LogP contribution is -2.07. The van der Waals surface area contributed by atoms with E-state index in [1.807, 2.05) is 11.5 Å². The van der Waals surface area contributed by atoms with Gasteiger partial charge in [-0.2, -0.15) is 0 Å². The van der Waals surface area contributed by atoms with Crippen molar-refractivity contribution in [3.63, 3.8) is 0 Å². The summed E-state index contributed by atoms with van der Waals surface area (Å²) in [5, 5.41) is 0.566. The Hall–Kier alpha value is -1.64. The van der Waals surface area contributed by atoms with E-state index in [4.69, 9.17) is 0 Å². The van der Waals surface area contributed by atoms with Gasteiger partial charge >= 0.3 is 0 Å². The third-order valence-electron chi connectivity index (χ3n) is 2.28. The largest absolute Gasteiger partial charge is 0.347 e. The second-order valence-corrected chi connectivity index (χ2v) is 3.13. The van der Waals surface area contributed by atoms with Gasteiger partial charge in [-0.25, -0.2) is 4.39 Å². The van der Waals surface area contributed by atoms with E-state index in [-0.39, 0.29) is 11.2 Å². The molecule has 2 nitrogen and oxygen atoms in total. The van der Waals surface area contributed by atoms with Crippen LogP contribution in [0.2, 0.25) is 0 Å². The van der Waals surface area contributed by atoms with Crippen LogP contribution in [0.5, 0.6) is 0 Å². The number of hydrogen-bond acceptors (Lipinski definition) is 1. The maximum Gasteiger partial charge on any atom is 0.189 e. The summed E-state index contributed by atoms with van der Waals surface area (Å²) in [6, 6.07) is 5.73. The van der Waals surface area contributed by atoms with Crippen molar-refractivity contribution in [1.82, 2.24) is 4.57 Å². The first kappa shape index (κ1) is 8.94. The van der Waals surface area contributed by atoms with Crippen molar-refractivity contribution >= 4 is 10.9 Å². The summed E-state index contributed by atoms with van der Waals surface area (Å²) in [4.78, 5) is 11.4. The van der Waals surface area contributed by atoms with E-state index < -0.39 is 0 Å². The van der Waals surface area contributed by atoms with Gasteiger partial charge in [0.05, 0.1) is 5.52 Å². The number of rotatable bonds is 1. The lowest BCUT2D eigenvalue weighted by atomic mass is 10.2. The second kappa shape index (κ2) is 3.25. The molecule has 1 heterocycles. The van der Waals surface area contributed by atoms with Crippen LogP contribution in [0.25, 0.3) is 10.9 Å². The maximum absolute atomic E-state index is 13.0. The molecule has 0 aliphatic rings. The fourth-order valence-corrected chi connectivity index (χ4v) is 1.55. The zero-order valence-corrected chi connectivity index (χ0v) is 7.83. The van der Waals surface area contributed by atoms with Crippen LogP contribution in [0.3, 0.4) is 0 Å². The van der Waals surface area contributed by atoms with Crippen molar-refractivity contribution in [2.45, 2.75) is 13.5 Å². The van der Waals surface area contributed by atoms with Gasteiger partial charge in [-0.3, -0.25) is 4.79 Å². The van der Waals surface area contributed by atoms with Crippen molar-refractivity contribution in [1.29, 1.82) is 0 Å². The molecule has 0 unspecified atom stereocenters. The number of fused-ring (bicyclic) bond motifs is 1. The Morgan fingerprint density at radius 1 is 1.36 bits per heavy atom. The molecular weight excluding hydrogens is 181 g/mol. The third-order valence-corrected chi connectivity index (χ3v) is 2.28. The predicted molar refractivity (Wildman–Crippen MR) is 53.8 cm³/mol. The summed E-state index contributed by atoms with van der Waals surface area (Å²) in [6.07, 6.45) is 1.68. The predicted octanol–water partition coefficient (Wildman–Crippen LogP) is 2.16. The zero-order chi connectivity index (χ0) is 10.1. The quantitative estimate of drug-likeness (QED) is 0.677. The van der Waals surface area contributed by atoms with E-state index in [9.17, 15) is 9.18 Å². The SMILES string of the molecule is CCn1ccc(=O)c2ccc(F)cc21. The topological polar surface area (TPSA) is 22.0 Å². The van der Waals surface area contributed by atoms with Gasteiger partial charge in [-0.1, -0.05) is 0 Å². The number of nitrogens with zero attached hydrogens (tertiary/aromatic N) is 1. The van der Waals surface area contributed by atoms with Gasteiger partial charge in [-0.15, -0.1) is 0 Å². The van der Waals surface area contributed by atoms with Gasteiger partial charge < -0.3 is 4.57 Å². The Balaban J connectivity index is 2.92. The third kappa shape index (κ3) is 1.31. The van der Waals surface area contributed by atoms with Crippen LogP contribution in [0.15, 0.2) is 35.3 Å². The Bertz CT molecular complexity index is 530. The van der Waals surface area contributed by atoms with Gasteiger partial charge in [0.2, 0.25) is 0 Å². The van der Waals surface area contributed by atoms with E-state index in [2.05, 4.69) is 0 Å². The van der Waals surface area contributed by atoms with E-state index >= 15 is 0 Å². The number of hydrogen-bond donors (Lipinski definition) is 0.